The molecule has 0 spiro atoms. The summed E-state index contributed by atoms with van der Waals surface area (Å²) in [5.41, 5.74) is 3.14. The van der Waals surface area contributed by atoms with Gasteiger partial charge in [-0.3, -0.25) is 9.79 Å². The summed E-state index contributed by atoms with van der Waals surface area (Å²) in [4.78, 5) is 17.8. The summed E-state index contributed by atoms with van der Waals surface area (Å²) < 4.78 is 0. The molecule has 0 N–H and O–H groups in total. The molecule has 0 atom stereocenters. The number of Topliss-reactive ketones (excluding diaryl/α,β-unsaturated/α-hetero) is 1. The predicted molar refractivity (Wildman–Crippen MR) is 101 cm³/mol. The molecule has 1 aromatic carbocycles. The number of rotatable bonds is 3. The summed E-state index contributed by atoms with van der Waals surface area (Å²) in [5, 5.41) is 18.7. The lowest BCUT2D eigenvalue weighted by Gasteiger charge is -2.29. The van der Waals surface area contributed by atoms with Crippen LogP contribution in [-0.2, 0) is 11.2 Å². The Bertz CT molecular complexity index is 828. The first-order valence-electron chi connectivity index (χ1n) is 9.52. The van der Waals surface area contributed by atoms with Gasteiger partial charge in [-0.1, -0.05) is 25.7 Å². The van der Waals surface area contributed by atoms with Crippen molar-refractivity contribution in [2.45, 2.75) is 70.8 Å². The molecule has 0 unspecified atom stereocenters. The highest BCUT2D eigenvalue weighted by molar-refractivity contribution is 6.13. The molecule has 134 valence electrons. The minimum Gasteiger partial charge on any atom is -0.299 e. The summed E-state index contributed by atoms with van der Waals surface area (Å²) in [6.07, 6.45) is 7.73. The van der Waals surface area contributed by atoms with E-state index in [9.17, 15) is 15.3 Å². The molecule has 3 rings (SSSR count). The van der Waals surface area contributed by atoms with E-state index in [0.717, 1.165) is 42.5 Å². The number of fused-ring (bicyclic) bond motifs is 1. The fourth-order valence-corrected chi connectivity index (χ4v) is 4.22. The molecule has 1 heterocycles. The van der Waals surface area contributed by atoms with Crippen molar-refractivity contribution < 1.29 is 4.79 Å². The Kier molecular flexibility index (Phi) is 5.23. The molecule has 0 saturated heterocycles. The first-order chi connectivity index (χ1) is 12.4. The molecule has 1 aromatic rings. The fourth-order valence-electron chi connectivity index (χ4n) is 4.22. The summed E-state index contributed by atoms with van der Waals surface area (Å²) in [5.74, 6) is 0.416. The minimum absolute atomic E-state index is 0.141. The highest BCUT2D eigenvalue weighted by Gasteiger charge is 2.30. The van der Waals surface area contributed by atoms with E-state index in [1.165, 1.54) is 12.8 Å². The molecule has 4 heteroatoms. The van der Waals surface area contributed by atoms with Crippen LogP contribution in [0.2, 0.25) is 0 Å². The second-order valence-electron chi connectivity index (χ2n) is 8.16. The Morgan fingerprint density at radius 1 is 1.12 bits per heavy atom. The van der Waals surface area contributed by atoms with Gasteiger partial charge in [-0.05, 0) is 50.8 Å². The van der Waals surface area contributed by atoms with E-state index < -0.39 is 0 Å². The van der Waals surface area contributed by atoms with Crippen LogP contribution in [-0.4, -0.2) is 17.0 Å². The number of nitrogens with zero attached hydrogens (tertiary/aromatic N) is 3. The van der Waals surface area contributed by atoms with Crippen molar-refractivity contribution in [2.75, 3.05) is 0 Å². The molecule has 0 bridgehead atoms. The monoisotopic (exact) mass is 347 g/mol. The van der Waals surface area contributed by atoms with Gasteiger partial charge in [0.15, 0.2) is 0 Å². The summed E-state index contributed by atoms with van der Waals surface area (Å²) in [6, 6.07) is 7.77. The molecule has 2 aliphatic rings. The summed E-state index contributed by atoms with van der Waals surface area (Å²) in [6.45, 7) is 4.10. The summed E-state index contributed by atoms with van der Waals surface area (Å²) >= 11 is 0. The van der Waals surface area contributed by atoms with Crippen LogP contribution < -0.4 is 0 Å². The first-order valence-corrected chi connectivity index (χ1v) is 9.52. The zero-order chi connectivity index (χ0) is 18.7. The molecular formula is C22H25N3O. The molecule has 1 saturated carbocycles. The van der Waals surface area contributed by atoms with Crippen molar-refractivity contribution in [1.29, 1.82) is 10.5 Å². The number of hydrogen-bond donors (Lipinski definition) is 0. The van der Waals surface area contributed by atoms with Crippen LogP contribution >= 0.6 is 0 Å². The molecule has 26 heavy (non-hydrogen) atoms. The Labute approximate surface area is 155 Å². The van der Waals surface area contributed by atoms with Crippen LogP contribution in [0.15, 0.2) is 17.1 Å². The number of nitriles is 2. The number of carbonyl (C=O) groups excluding carboxylic acids is 1. The average Bonchev–Trinajstić information content (AvgIpc) is 2.89. The van der Waals surface area contributed by atoms with Gasteiger partial charge in [0.05, 0.1) is 22.4 Å². The maximum Gasteiger partial charge on any atom is 0.141 e. The Morgan fingerprint density at radius 2 is 1.73 bits per heavy atom. The van der Waals surface area contributed by atoms with E-state index in [-0.39, 0.29) is 17.2 Å². The van der Waals surface area contributed by atoms with E-state index in [1.54, 1.807) is 12.1 Å². The molecule has 1 fully saturated rings. The van der Waals surface area contributed by atoms with Crippen LogP contribution in [0.4, 0.5) is 0 Å². The number of benzene rings is 1. The third-order valence-electron chi connectivity index (χ3n) is 5.51. The van der Waals surface area contributed by atoms with Crippen LogP contribution in [0, 0.1) is 28.6 Å². The first kappa shape index (κ1) is 18.3. The van der Waals surface area contributed by atoms with Gasteiger partial charge in [-0.25, -0.2) is 0 Å². The van der Waals surface area contributed by atoms with E-state index in [0.29, 0.717) is 24.0 Å². The molecular weight excluding hydrogens is 322 g/mol. The topological polar surface area (TPSA) is 77.0 Å². The SMILES string of the molecule is CC1(C)Cc2cc(C#N)c(C#N)cc2C(CC(=O)C2CCCCCC2)=N1. The Morgan fingerprint density at radius 3 is 2.35 bits per heavy atom. The van der Waals surface area contributed by atoms with Gasteiger partial charge >= 0.3 is 0 Å². The van der Waals surface area contributed by atoms with E-state index in [2.05, 4.69) is 26.0 Å². The zero-order valence-corrected chi connectivity index (χ0v) is 15.6. The predicted octanol–water partition coefficient (Wildman–Crippen LogP) is 4.48. The number of aliphatic imine (C=N–C) groups is 1. The van der Waals surface area contributed by atoms with Crippen LogP contribution in [0.1, 0.15) is 81.0 Å². The normalized spacial score (nSPS) is 19.5. The lowest BCUT2D eigenvalue weighted by Crippen LogP contribution is -2.31. The minimum atomic E-state index is -0.299. The molecule has 0 aromatic heterocycles. The van der Waals surface area contributed by atoms with Crippen molar-refractivity contribution in [2.24, 2.45) is 10.9 Å². The number of carbonyl (C=O) groups is 1. The van der Waals surface area contributed by atoms with Gasteiger partial charge in [0.1, 0.15) is 17.9 Å². The van der Waals surface area contributed by atoms with Crippen LogP contribution in [0.25, 0.3) is 0 Å². The van der Waals surface area contributed by atoms with E-state index in [4.69, 9.17) is 4.99 Å². The number of hydrogen-bond acceptors (Lipinski definition) is 4. The highest BCUT2D eigenvalue weighted by atomic mass is 16.1. The fraction of sp³-hybridized carbons (Fsp3) is 0.545. The van der Waals surface area contributed by atoms with Crippen LogP contribution in [0.3, 0.4) is 0 Å². The second-order valence-corrected chi connectivity index (χ2v) is 8.16. The van der Waals surface area contributed by atoms with Gasteiger partial charge in [-0.2, -0.15) is 10.5 Å². The molecule has 0 amide bonds. The molecule has 0 radical (unpaired) electrons. The zero-order valence-electron chi connectivity index (χ0n) is 15.6. The third kappa shape index (κ3) is 3.86. The molecule has 1 aliphatic heterocycles. The van der Waals surface area contributed by atoms with Gasteiger partial charge in [0, 0.05) is 17.9 Å². The molecule has 4 nitrogen and oxygen atoms in total. The summed E-state index contributed by atoms with van der Waals surface area (Å²) in [7, 11) is 0. The third-order valence-corrected chi connectivity index (χ3v) is 5.51. The van der Waals surface area contributed by atoms with E-state index >= 15 is 0 Å². The highest BCUT2D eigenvalue weighted by Crippen LogP contribution is 2.32. The second kappa shape index (κ2) is 7.42. The molecule has 1 aliphatic carbocycles. The Hall–Kier alpha value is -2.46. The average molecular weight is 347 g/mol. The van der Waals surface area contributed by atoms with Crippen LogP contribution in [0.5, 0.6) is 0 Å². The van der Waals surface area contributed by atoms with Crippen molar-refractivity contribution in [3.05, 3.63) is 34.4 Å². The largest absolute Gasteiger partial charge is 0.299 e. The quantitative estimate of drug-likeness (QED) is 0.756. The van der Waals surface area contributed by atoms with Gasteiger partial charge in [-0.15, -0.1) is 0 Å². The van der Waals surface area contributed by atoms with Crippen molar-refractivity contribution in [3.8, 4) is 12.1 Å². The van der Waals surface area contributed by atoms with Crippen molar-refractivity contribution in [3.63, 3.8) is 0 Å². The lowest BCUT2D eigenvalue weighted by molar-refractivity contribution is -0.122. The van der Waals surface area contributed by atoms with E-state index in [1.807, 2.05) is 0 Å². The Balaban J connectivity index is 1.94. The number of ketones is 1. The lowest BCUT2D eigenvalue weighted by atomic mass is 9.82. The maximum atomic E-state index is 12.9. The maximum absolute atomic E-state index is 12.9. The van der Waals surface area contributed by atoms with Crippen molar-refractivity contribution >= 4 is 11.5 Å². The van der Waals surface area contributed by atoms with Crippen molar-refractivity contribution in [1.82, 2.24) is 0 Å². The van der Waals surface area contributed by atoms with Gasteiger partial charge in [0.25, 0.3) is 0 Å². The van der Waals surface area contributed by atoms with Gasteiger partial charge in [0.2, 0.25) is 0 Å². The standard InChI is InChI=1S/C22H25N3O/c1-22(2)12-16-9-17(13-23)18(14-24)10-19(16)20(25-22)11-21(26)15-7-5-3-4-6-8-15/h9-10,15H,3-8,11-12H2,1-2H3. The van der Waals surface area contributed by atoms with Gasteiger partial charge < -0.3 is 0 Å². The smallest absolute Gasteiger partial charge is 0.141 e.